The quantitative estimate of drug-likeness (QED) is 0.130. The van der Waals surface area contributed by atoms with Crippen LogP contribution < -0.4 is 10.6 Å². The maximum Gasteiger partial charge on any atom is 0.191 e. The SMILES string of the molecule is CCNC(=NCCCc1nnc(SC)n1CC(C)C)NCCSc1ccccc1.I. The number of guanidine groups is 1. The summed E-state index contributed by atoms with van der Waals surface area (Å²) in [6.45, 7) is 10.0. The molecule has 2 rings (SSSR count). The van der Waals surface area contributed by atoms with Crippen LogP contribution in [0.5, 0.6) is 0 Å². The van der Waals surface area contributed by atoms with Gasteiger partial charge in [0.15, 0.2) is 11.1 Å². The Labute approximate surface area is 206 Å². The third kappa shape index (κ3) is 9.91. The predicted octanol–water partition coefficient (Wildman–Crippen LogP) is 4.55. The second-order valence-electron chi connectivity index (χ2n) is 7.06. The van der Waals surface area contributed by atoms with Gasteiger partial charge in [-0.2, -0.15) is 0 Å². The smallest absolute Gasteiger partial charge is 0.191 e. The molecule has 30 heavy (non-hydrogen) atoms. The van der Waals surface area contributed by atoms with Crippen molar-refractivity contribution in [3.63, 3.8) is 0 Å². The number of benzene rings is 1. The second kappa shape index (κ2) is 15.8. The highest BCUT2D eigenvalue weighted by Crippen LogP contribution is 2.17. The Morgan fingerprint density at radius 1 is 1.17 bits per heavy atom. The Morgan fingerprint density at radius 2 is 1.93 bits per heavy atom. The molecule has 1 aromatic heterocycles. The van der Waals surface area contributed by atoms with Crippen LogP contribution >= 0.6 is 47.5 Å². The molecule has 1 heterocycles. The lowest BCUT2D eigenvalue weighted by Gasteiger charge is -2.12. The molecule has 0 amide bonds. The lowest BCUT2D eigenvalue weighted by molar-refractivity contribution is 0.477. The van der Waals surface area contributed by atoms with Crippen LogP contribution in [0.4, 0.5) is 0 Å². The van der Waals surface area contributed by atoms with Crippen molar-refractivity contribution in [1.29, 1.82) is 0 Å². The zero-order valence-electron chi connectivity index (χ0n) is 18.4. The fraction of sp³-hybridized carbons (Fsp3) is 0.571. The summed E-state index contributed by atoms with van der Waals surface area (Å²) >= 11 is 3.51. The van der Waals surface area contributed by atoms with E-state index < -0.39 is 0 Å². The van der Waals surface area contributed by atoms with Crippen molar-refractivity contribution >= 4 is 53.5 Å². The van der Waals surface area contributed by atoms with Crippen LogP contribution in [0.15, 0.2) is 45.4 Å². The van der Waals surface area contributed by atoms with Crippen LogP contribution in [0.2, 0.25) is 0 Å². The van der Waals surface area contributed by atoms with E-state index in [9.17, 15) is 0 Å². The molecular weight excluding hydrogens is 527 g/mol. The first-order valence-corrected chi connectivity index (χ1v) is 12.5. The van der Waals surface area contributed by atoms with Crippen LogP contribution in [0, 0.1) is 5.92 Å². The maximum atomic E-state index is 4.71. The molecule has 0 aliphatic carbocycles. The van der Waals surface area contributed by atoms with Crippen LogP contribution in [0.25, 0.3) is 0 Å². The predicted molar refractivity (Wildman–Crippen MR) is 142 cm³/mol. The molecule has 2 N–H and O–H groups in total. The minimum absolute atomic E-state index is 0. The monoisotopic (exact) mass is 562 g/mol. The molecule has 0 atom stereocenters. The number of rotatable bonds is 12. The number of thioether (sulfide) groups is 2. The zero-order valence-corrected chi connectivity index (χ0v) is 22.4. The number of hydrogen-bond acceptors (Lipinski definition) is 5. The Bertz CT molecular complexity index is 736. The van der Waals surface area contributed by atoms with Crippen molar-refractivity contribution in [2.45, 2.75) is 50.2 Å². The fourth-order valence-electron chi connectivity index (χ4n) is 2.83. The van der Waals surface area contributed by atoms with Crippen LogP contribution in [-0.2, 0) is 13.0 Å². The van der Waals surface area contributed by atoms with Crippen LogP contribution in [0.1, 0.15) is 33.0 Å². The van der Waals surface area contributed by atoms with E-state index in [2.05, 4.69) is 76.7 Å². The first-order chi connectivity index (χ1) is 14.1. The summed E-state index contributed by atoms with van der Waals surface area (Å²) < 4.78 is 2.25. The minimum atomic E-state index is 0. The first kappa shape index (κ1) is 27.1. The summed E-state index contributed by atoms with van der Waals surface area (Å²) in [4.78, 5) is 6.01. The largest absolute Gasteiger partial charge is 0.357 e. The molecule has 168 valence electrons. The van der Waals surface area contributed by atoms with Crippen molar-refractivity contribution in [2.75, 3.05) is 31.6 Å². The summed E-state index contributed by atoms with van der Waals surface area (Å²) in [5.74, 6) is 3.53. The van der Waals surface area contributed by atoms with Crippen molar-refractivity contribution in [3.05, 3.63) is 36.2 Å². The Kier molecular flexibility index (Phi) is 14.3. The van der Waals surface area contributed by atoms with E-state index >= 15 is 0 Å². The fourth-order valence-corrected chi connectivity index (χ4v) is 4.14. The van der Waals surface area contributed by atoms with E-state index in [0.29, 0.717) is 5.92 Å². The van der Waals surface area contributed by atoms with Crippen LogP contribution in [-0.4, -0.2) is 52.4 Å². The molecule has 0 saturated heterocycles. The molecule has 1 aromatic carbocycles. The molecule has 0 radical (unpaired) electrons. The van der Waals surface area contributed by atoms with E-state index in [1.807, 2.05) is 17.8 Å². The van der Waals surface area contributed by atoms with E-state index in [1.165, 1.54) is 4.90 Å². The minimum Gasteiger partial charge on any atom is -0.357 e. The molecular formula is C21H35IN6S2. The topological polar surface area (TPSA) is 67.1 Å². The van der Waals surface area contributed by atoms with Gasteiger partial charge in [-0.05, 0) is 37.7 Å². The number of nitrogens with zero attached hydrogens (tertiary/aromatic N) is 4. The Morgan fingerprint density at radius 3 is 2.60 bits per heavy atom. The van der Waals surface area contributed by atoms with Gasteiger partial charge in [-0.25, -0.2) is 0 Å². The average Bonchev–Trinajstić information content (AvgIpc) is 3.10. The molecule has 2 aromatic rings. The average molecular weight is 563 g/mol. The van der Waals surface area contributed by atoms with Crippen LogP contribution in [0.3, 0.4) is 0 Å². The molecule has 9 heteroatoms. The number of aryl methyl sites for hydroxylation is 1. The summed E-state index contributed by atoms with van der Waals surface area (Å²) in [6.07, 6.45) is 3.91. The van der Waals surface area contributed by atoms with Crippen molar-refractivity contribution in [2.24, 2.45) is 10.9 Å². The van der Waals surface area contributed by atoms with Gasteiger partial charge in [-0.3, -0.25) is 4.99 Å². The van der Waals surface area contributed by atoms with Gasteiger partial charge in [-0.1, -0.05) is 43.8 Å². The number of halogens is 1. The van der Waals surface area contributed by atoms with Gasteiger partial charge in [0.05, 0.1) is 0 Å². The normalized spacial score (nSPS) is 11.4. The second-order valence-corrected chi connectivity index (χ2v) is 9.00. The third-order valence-corrected chi connectivity index (χ3v) is 5.78. The molecule has 0 fully saturated rings. The summed E-state index contributed by atoms with van der Waals surface area (Å²) in [5, 5.41) is 16.5. The van der Waals surface area contributed by atoms with Gasteiger partial charge in [-0.15, -0.1) is 45.9 Å². The number of aromatic nitrogens is 3. The highest BCUT2D eigenvalue weighted by molar-refractivity contribution is 14.0. The number of aliphatic imine (C=N–C) groups is 1. The highest BCUT2D eigenvalue weighted by atomic mass is 127. The first-order valence-electron chi connectivity index (χ1n) is 10.3. The molecule has 0 bridgehead atoms. The maximum absolute atomic E-state index is 4.71. The molecule has 0 unspecified atom stereocenters. The molecule has 0 saturated carbocycles. The van der Waals surface area contributed by atoms with Gasteiger partial charge in [0.2, 0.25) is 0 Å². The molecule has 0 aliphatic rings. The van der Waals surface area contributed by atoms with Gasteiger partial charge in [0, 0.05) is 43.2 Å². The lowest BCUT2D eigenvalue weighted by Crippen LogP contribution is -2.38. The Hall–Kier alpha value is -0.940. The van der Waals surface area contributed by atoms with Gasteiger partial charge < -0.3 is 15.2 Å². The standard InChI is InChI=1S/C21H34N6S2.HI/c1-5-22-20(24-14-15-29-18-10-7-6-8-11-18)23-13-9-12-19-25-26-21(28-4)27(19)16-17(2)3;/h6-8,10-11,17H,5,9,12-16H2,1-4H3,(H2,22,23,24);1H. The van der Waals surface area contributed by atoms with E-state index in [0.717, 1.165) is 61.7 Å². The zero-order chi connectivity index (χ0) is 20.9. The lowest BCUT2D eigenvalue weighted by atomic mass is 10.2. The van der Waals surface area contributed by atoms with E-state index in [4.69, 9.17) is 4.99 Å². The van der Waals surface area contributed by atoms with Crippen molar-refractivity contribution < 1.29 is 0 Å². The van der Waals surface area contributed by atoms with Gasteiger partial charge in [0.1, 0.15) is 5.82 Å². The Balaban J connectivity index is 0.00000450. The summed E-state index contributed by atoms with van der Waals surface area (Å²) in [6, 6.07) is 10.5. The van der Waals surface area contributed by atoms with Crippen molar-refractivity contribution in [1.82, 2.24) is 25.4 Å². The third-order valence-electron chi connectivity index (χ3n) is 4.10. The van der Waals surface area contributed by atoms with E-state index in [-0.39, 0.29) is 24.0 Å². The van der Waals surface area contributed by atoms with E-state index in [1.54, 1.807) is 11.8 Å². The van der Waals surface area contributed by atoms with Gasteiger partial charge >= 0.3 is 0 Å². The molecule has 0 aliphatic heterocycles. The summed E-state index contributed by atoms with van der Waals surface area (Å²) in [7, 11) is 0. The summed E-state index contributed by atoms with van der Waals surface area (Å²) in [5.41, 5.74) is 0. The molecule has 0 spiro atoms. The number of hydrogen-bond donors (Lipinski definition) is 2. The molecule has 6 nitrogen and oxygen atoms in total. The van der Waals surface area contributed by atoms with Gasteiger partial charge in [0.25, 0.3) is 0 Å². The number of nitrogens with one attached hydrogen (secondary N) is 2. The van der Waals surface area contributed by atoms with Crippen molar-refractivity contribution in [3.8, 4) is 0 Å². The highest BCUT2D eigenvalue weighted by Gasteiger charge is 2.12.